The molecule has 20 nitrogen and oxygen atoms in total. The number of hydrogen-bond acceptors (Lipinski definition) is 14. The molecule has 4 N–H and O–H groups in total. The first kappa shape index (κ1) is 50.3. The van der Waals surface area contributed by atoms with Gasteiger partial charge in [-0.1, -0.05) is 18.2 Å². The summed E-state index contributed by atoms with van der Waals surface area (Å²) >= 11 is 0. The minimum Gasteiger partial charge on any atom is -0.378 e. The highest BCUT2D eigenvalue weighted by atomic mass is 32.2. The number of allylic oxidation sites excluding steroid dienone is 6. The average Bonchev–Trinajstić information content (AvgIpc) is 3.71. The molecule has 350 valence electrons. The van der Waals surface area contributed by atoms with Gasteiger partial charge in [0.1, 0.15) is 6.61 Å². The molecule has 0 bridgehead atoms. The summed E-state index contributed by atoms with van der Waals surface area (Å²) < 4.78 is 142. The third-order valence-corrected chi connectivity index (χ3v) is 14.7. The molecule has 1 saturated heterocycles. The van der Waals surface area contributed by atoms with Gasteiger partial charge in [0.25, 0.3) is 52.3 Å². The number of amides is 2. The van der Waals surface area contributed by atoms with E-state index in [-0.39, 0.29) is 76.0 Å². The normalized spacial score (nSPS) is 21.3. The van der Waals surface area contributed by atoms with Crippen molar-refractivity contribution in [3.8, 4) is 0 Å². The molecule has 1 fully saturated rings. The highest BCUT2D eigenvalue weighted by molar-refractivity contribution is 7.86. The number of methoxy groups -OCH3 is 1. The van der Waals surface area contributed by atoms with E-state index in [4.69, 9.17) is 9.57 Å². The standard InChI is InChI=1S/C40H49N3O17S4/c1-39(19-8-24-61(47,48)49)30-26-28(63(53,54)55)13-15-32(30)41(21-7-12-38(46)60-43-36(44)17-18-37(43)45)34(39)10-5-4-6-11-35-40(2,20-9-25-62(50,51)52)31-27-29(64(56,57)58)14-16-33(31)42(35)22-23-59-3/h4-6,10-11,13-16,26-27H,7-9,12,17-25H2,1-3H3,(H3-,47,48,49,50,51,52,53,54,55,56,57,58)/p+1. The second-order valence-electron chi connectivity index (χ2n) is 15.9. The lowest BCUT2D eigenvalue weighted by Crippen LogP contribution is -2.33. The van der Waals surface area contributed by atoms with E-state index in [0.29, 0.717) is 39.0 Å². The van der Waals surface area contributed by atoms with Crippen molar-refractivity contribution in [3.05, 3.63) is 83.6 Å². The van der Waals surface area contributed by atoms with Crippen molar-refractivity contribution in [2.75, 3.05) is 43.2 Å². The third-order valence-electron chi connectivity index (χ3n) is 11.4. The summed E-state index contributed by atoms with van der Waals surface area (Å²) in [5.74, 6) is -3.37. The first-order chi connectivity index (χ1) is 29.7. The Morgan fingerprint density at radius 1 is 0.766 bits per heavy atom. The van der Waals surface area contributed by atoms with E-state index in [9.17, 15) is 66.3 Å². The van der Waals surface area contributed by atoms with Crippen molar-refractivity contribution in [2.24, 2.45) is 0 Å². The van der Waals surface area contributed by atoms with Gasteiger partial charge in [0, 0.05) is 67.4 Å². The summed E-state index contributed by atoms with van der Waals surface area (Å²) in [5, 5.41) is 0.429. The van der Waals surface area contributed by atoms with Gasteiger partial charge in [0.2, 0.25) is 5.69 Å². The first-order valence-corrected chi connectivity index (χ1v) is 26.0. The fourth-order valence-corrected chi connectivity index (χ4v) is 10.4. The Bertz CT molecular complexity index is 2770. The van der Waals surface area contributed by atoms with Gasteiger partial charge in [-0.05, 0) is 87.9 Å². The molecule has 0 saturated carbocycles. The molecular formula is C40H50N3O17S4+. The summed E-state index contributed by atoms with van der Waals surface area (Å²) in [6, 6.07) is 7.95. The monoisotopic (exact) mass is 972 g/mol. The molecule has 24 heteroatoms. The molecule has 0 radical (unpaired) electrons. The number of benzene rings is 2. The molecule has 3 aliphatic heterocycles. The van der Waals surface area contributed by atoms with Crippen LogP contribution in [0.5, 0.6) is 0 Å². The number of fused-ring (bicyclic) bond motifs is 2. The van der Waals surface area contributed by atoms with E-state index in [1.54, 1.807) is 49.1 Å². The summed E-state index contributed by atoms with van der Waals surface area (Å²) in [6.45, 7) is 4.06. The molecule has 5 rings (SSSR count). The number of rotatable bonds is 21. The highest BCUT2D eigenvalue weighted by Gasteiger charge is 2.48. The van der Waals surface area contributed by atoms with Gasteiger partial charge in [-0.25, -0.2) is 4.79 Å². The molecule has 2 aromatic carbocycles. The van der Waals surface area contributed by atoms with E-state index in [0.717, 1.165) is 0 Å². The zero-order valence-corrected chi connectivity index (χ0v) is 38.4. The maximum absolute atomic E-state index is 12.7. The van der Waals surface area contributed by atoms with Gasteiger partial charge < -0.3 is 14.5 Å². The molecule has 0 aromatic heterocycles. The Balaban J connectivity index is 1.56. The number of ether oxygens (including phenoxy) is 1. The Kier molecular flexibility index (Phi) is 15.3. The average molecular weight is 973 g/mol. The third kappa shape index (κ3) is 11.8. The Morgan fingerprint density at radius 2 is 1.33 bits per heavy atom. The zero-order valence-electron chi connectivity index (χ0n) is 35.1. The van der Waals surface area contributed by atoms with Crippen LogP contribution < -0.4 is 4.90 Å². The molecule has 2 aromatic rings. The lowest BCUT2D eigenvalue weighted by atomic mass is 9.76. The van der Waals surface area contributed by atoms with Crippen molar-refractivity contribution in [1.29, 1.82) is 0 Å². The number of imide groups is 1. The van der Waals surface area contributed by atoms with Crippen LogP contribution in [0.4, 0.5) is 11.4 Å². The van der Waals surface area contributed by atoms with Crippen molar-refractivity contribution in [2.45, 2.75) is 85.8 Å². The smallest absolute Gasteiger partial charge is 0.333 e. The lowest BCUT2D eigenvalue weighted by molar-refractivity contribution is -0.441. The van der Waals surface area contributed by atoms with Crippen LogP contribution in [-0.4, -0.2) is 123 Å². The second-order valence-corrected chi connectivity index (χ2v) is 21.9. The first-order valence-electron chi connectivity index (χ1n) is 19.9. The number of hydroxylamine groups is 2. The number of carbonyl (C=O) groups is 3. The maximum Gasteiger partial charge on any atom is 0.333 e. The molecule has 2 unspecified atom stereocenters. The molecule has 0 spiro atoms. The largest absolute Gasteiger partial charge is 0.378 e. The van der Waals surface area contributed by atoms with Gasteiger partial charge in [-0.3, -0.25) is 27.8 Å². The Morgan fingerprint density at radius 3 is 1.89 bits per heavy atom. The minimum atomic E-state index is -4.71. The van der Waals surface area contributed by atoms with Crippen molar-refractivity contribution < 1.29 is 80.4 Å². The van der Waals surface area contributed by atoms with Gasteiger partial charge in [0.05, 0.1) is 26.7 Å². The van der Waals surface area contributed by atoms with E-state index in [2.05, 4.69) is 0 Å². The van der Waals surface area contributed by atoms with Gasteiger partial charge in [0.15, 0.2) is 12.3 Å². The van der Waals surface area contributed by atoms with Crippen molar-refractivity contribution in [3.63, 3.8) is 0 Å². The van der Waals surface area contributed by atoms with Crippen LogP contribution in [0.3, 0.4) is 0 Å². The van der Waals surface area contributed by atoms with Crippen molar-refractivity contribution in [1.82, 2.24) is 5.06 Å². The topological polar surface area (TPSA) is 297 Å². The van der Waals surface area contributed by atoms with Gasteiger partial charge in [-0.15, -0.1) is 5.06 Å². The summed E-state index contributed by atoms with van der Waals surface area (Å²) in [7, 11) is -16.6. The van der Waals surface area contributed by atoms with E-state index >= 15 is 0 Å². The number of nitrogens with zero attached hydrogens (tertiary/aromatic N) is 3. The second kappa shape index (κ2) is 19.4. The molecular weight excluding hydrogens is 923 g/mol. The fraction of sp³-hybridized carbons (Fsp3) is 0.450. The van der Waals surface area contributed by atoms with Crippen LogP contribution in [0.15, 0.2) is 82.3 Å². The fourth-order valence-electron chi connectivity index (χ4n) is 8.34. The molecule has 3 aliphatic rings. The Labute approximate surface area is 371 Å². The predicted molar refractivity (Wildman–Crippen MR) is 230 cm³/mol. The van der Waals surface area contributed by atoms with Crippen molar-refractivity contribution >= 4 is 75.3 Å². The van der Waals surface area contributed by atoms with Crippen LogP contribution in [0, 0.1) is 0 Å². The molecule has 3 heterocycles. The van der Waals surface area contributed by atoms with Crippen LogP contribution in [-0.2, 0) is 75.3 Å². The van der Waals surface area contributed by atoms with Crippen LogP contribution >= 0.6 is 0 Å². The van der Waals surface area contributed by atoms with Crippen LogP contribution in [0.1, 0.15) is 76.3 Å². The highest BCUT2D eigenvalue weighted by Crippen LogP contribution is 2.51. The summed E-state index contributed by atoms with van der Waals surface area (Å²) in [4.78, 5) is 42.7. The number of anilines is 1. The zero-order chi connectivity index (χ0) is 47.5. The van der Waals surface area contributed by atoms with Gasteiger partial charge >= 0.3 is 5.97 Å². The summed E-state index contributed by atoms with van der Waals surface area (Å²) in [6.07, 6.45) is 7.98. The van der Waals surface area contributed by atoms with E-state index in [1.165, 1.54) is 43.5 Å². The van der Waals surface area contributed by atoms with E-state index < -0.39 is 85.5 Å². The maximum atomic E-state index is 12.7. The lowest BCUT2D eigenvalue weighted by Gasteiger charge is -2.30. The summed E-state index contributed by atoms with van der Waals surface area (Å²) in [5.41, 5.74) is 0.709. The molecule has 2 atom stereocenters. The Hall–Kier alpha value is -4.66. The minimum absolute atomic E-state index is 0.0274. The number of carbonyl (C=O) groups excluding carboxylic acids is 3. The SMILES string of the molecule is COCC[N+]1=C(/C=C/C=C/C=C2/N(CCCC(=O)ON3C(=O)CCC3=O)c3ccc(S(=O)(=O)O)cc3C2(C)CCCS(=O)(=O)O)C(C)(CCCS(=O)(=O)O)c2cc(S(=O)(=O)O)ccc21. The quantitative estimate of drug-likeness (QED) is 0.0600. The van der Waals surface area contributed by atoms with Crippen LogP contribution in [0.25, 0.3) is 0 Å². The molecule has 0 aliphatic carbocycles. The van der Waals surface area contributed by atoms with Crippen LogP contribution in [0.2, 0.25) is 0 Å². The molecule has 2 amide bonds. The van der Waals surface area contributed by atoms with Gasteiger partial charge in [-0.2, -0.15) is 38.2 Å². The van der Waals surface area contributed by atoms with E-state index in [1.807, 2.05) is 4.58 Å². The number of hydrogen-bond donors (Lipinski definition) is 4. The predicted octanol–water partition coefficient (Wildman–Crippen LogP) is 3.68. The molecule has 64 heavy (non-hydrogen) atoms.